The van der Waals surface area contributed by atoms with E-state index in [-0.39, 0.29) is 11.9 Å². The van der Waals surface area contributed by atoms with E-state index in [2.05, 4.69) is 15.1 Å². The average molecular weight is 378 g/mol. The van der Waals surface area contributed by atoms with Crippen LogP contribution >= 0.6 is 0 Å². The van der Waals surface area contributed by atoms with Gasteiger partial charge in [-0.25, -0.2) is 0 Å². The summed E-state index contributed by atoms with van der Waals surface area (Å²) in [5.41, 5.74) is 1.20. The summed E-state index contributed by atoms with van der Waals surface area (Å²) in [6.07, 6.45) is 3.33. The first-order chi connectivity index (χ1) is 13.8. The Hall–Kier alpha value is -3.42. The smallest absolute Gasteiger partial charge is 0.254 e. The van der Waals surface area contributed by atoms with Crippen LogP contribution in [0.1, 0.15) is 35.1 Å². The molecule has 142 valence electrons. The molecule has 28 heavy (non-hydrogen) atoms. The van der Waals surface area contributed by atoms with Gasteiger partial charge >= 0.3 is 0 Å². The predicted molar refractivity (Wildman–Crippen MR) is 98.0 cm³/mol. The molecule has 2 aliphatic rings. The van der Waals surface area contributed by atoms with Crippen molar-refractivity contribution in [1.82, 2.24) is 20.0 Å². The van der Waals surface area contributed by atoms with Crippen molar-refractivity contribution < 1.29 is 18.8 Å². The van der Waals surface area contributed by atoms with Crippen molar-refractivity contribution in [2.75, 3.05) is 19.8 Å². The summed E-state index contributed by atoms with van der Waals surface area (Å²) in [6.45, 7) is 1.64. The lowest BCUT2D eigenvalue weighted by atomic mass is 10.1. The van der Waals surface area contributed by atoms with Gasteiger partial charge in [-0.15, -0.1) is 0 Å². The molecule has 0 N–H and O–H groups in total. The van der Waals surface area contributed by atoms with Crippen LogP contribution in [0.15, 0.2) is 47.1 Å². The molecule has 0 aliphatic carbocycles. The summed E-state index contributed by atoms with van der Waals surface area (Å²) < 4.78 is 16.6. The standard InChI is InChI=1S/C20H18N4O4/c25-20(13-6-7-16-17(12-13)27-11-10-26-16)24-9-3-5-15(24)19-22-18(23-28-19)14-4-1-2-8-21-14/h1-2,4,6-8,12,15H,3,5,9-11H2/t15-/m1/s1. The van der Waals surface area contributed by atoms with E-state index in [4.69, 9.17) is 14.0 Å². The van der Waals surface area contributed by atoms with Crippen LogP contribution in [0.5, 0.6) is 11.5 Å². The SMILES string of the molecule is O=C(c1ccc2c(c1)OCCO2)N1CCC[C@@H]1c1nc(-c2ccccn2)no1. The first-order valence-corrected chi connectivity index (χ1v) is 9.25. The molecule has 1 fully saturated rings. The Balaban J connectivity index is 1.40. The van der Waals surface area contributed by atoms with Crippen molar-refractivity contribution >= 4 is 5.91 Å². The highest BCUT2D eigenvalue weighted by Gasteiger charge is 2.35. The van der Waals surface area contributed by atoms with Crippen molar-refractivity contribution in [2.45, 2.75) is 18.9 Å². The molecular weight excluding hydrogens is 360 g/mol. The Morgan fingerprint density at radius 2 is 2.00 bits per heavy atom. The Bertz CT molecular complexity index is 1000. The Labute approximate surface area is 161 Å². The zero-order valence-corrected chi connectivity index (χ0v) is 15.1. The number of hydrogen-bond donors (Lipinski definition) is 0. The number of ether oxygens (including phenoxy) is 2. The maximum Gasteiger partial charge on any atom is 0.254 e. The number of nitrogens with zero attached hydrogens (tertiary/aromatic N) is 4. The quantitative estimate of drug-likeness (QED) is 0.692. The highest BCUT2D eigenvalue weighted by molar-refractivity contribution is 5.95. The van der Waals surface area contributed by atoms with Crippen LogP contribution in [0.3, 0.4) is 0 Å². The van der Waals surface area contributed by atoms with Gasteiger partial charge in [-0.05, 0) is 43.2 Å². The zero-order chi connectivity index (χ0) is 18.9. The monoisotopic (exact) mass is 378 g/mol. The van der Waals surface area contributed by atoms with Crippen LogP contribution in [0.25, 0.3) is 11.5 Å². The number of pyridine rings is 1. The van der Waals surface area contributed by atoms with Crippen LogP contribution < -0.4 is 9.47 Å². The molecule has 0 bridgehead atoms. The van der Waals surface area contributed by atoms with Gasteiger partial charge in [-0.3, -0.25) is 9.78 Å². The first kappa shape index (κ1) is 16.7. The maximum absolute atomic E-state index is 13.1. The van der Waals surface area contributed by atoms with Crippen LogP contribution in [-0.2, 0) is 0 Å². The molecule has 0 saturated carbocycles. The van der Waals surface area contributed by atoms with E-state index >= 15 is 0 Å². The number of benzene rings is 1. The second-order valence-electron chi connectivity index (χ2n) is 6.69. The lowest BCUT2D eigenvalue weighted by Gasteiger charge is -2.23. The van der Waals surface area contributed by atoms with Gasteiger partial charge in [0.25, 0.3) is 5.91 Å². The number of rotatable bonds is 3. The highest BCUT2D eigenvalue weighted by Crippen LogP contribution is 2.35. The summed E-state index contributed by atoms with van der Waals surface area (Å²) >= 11 is 0. The van der Waals surface area contributed by atoms with Gasteiger partial charge in [0, 0.05) is 18.3 Å². The van der Waals surface area contributed by atoms with Crippen molar-refractivity contribution in [1.29, 1.82) is 0 Å². The first-order valence-electron chi connectivity index (χ1n) is 9.25. The van der Waals surface area contributed by atoms with Crippen molar-refractivity contribution in [3.8, 4) is 23.0 Å². The second-order valence-corrected chi connectivity index (χ2v) is 6.69. The fourth-order valence-corrected chi connectivity index (χ4v) is 3.58. The van der Waals surface area contributed by atoms with Gasteiger partial charge in [-0.1, -0.05) is 11.2 Å². The summed E-state index contributed by atoms with van der Waals surface area (Å²) in [4.78, 5) is 23.6. The van der Waals surface area contributed by atoms with Crippen LogP contribution in [-0.4, -0.2) is 45.7 Å². The minimum atomic E-state index is -0.245. The number of fused-ring (bicyclic) bond motifs is 1. The third kappa shape index (κ3) is 2.96. The van der Waals surface area contributed by atoms with Gasteiger partial charge in [0.1, 0.15) is 24.9 Å². The molecule has 8 heteroatoms. The number of hydrogen-bond acceptors (Lipinski definition) is 7. The number of carbonyl (C=O) groups is 1. The van der Waals surface area contributed by atoms with E-state index in [1.54, 1.807) is 29.3 Å². The lowest BCUT2D eigenvalue weighted by Crippen LogP contribution is -2.31. The second kappa shape index (κ2) is 6.95. The Morgan fingerprint density at radius 1 is 1.11 bits per heavy atom. The number of aromatic nitrogens is 3. The zero-order valence-electron chi connectivity index (χ0n) is 15.1. The van der Waals surface area contributed by atoms with Gasteiger partial charge in [0.15, 0.2) is 11.5 Å². The Kier molecular flexibility index (Phi) is 4.16. The molecule has 0 radical (unpaired) electrons. The van der Waals surface area contributed by atoms with Crippen molar-refractivity contribution in [2.24, 2.45) is 0 Å². The van der Waals surface area contributed by atoms with Gasteiger partial charge in [0.05, 0.1) is 0 Å². The fourth-order valence-electron chi connectivity index (χ4n) is 3.58. The van der Waals surface area contributed by atoms with E-state index in [9.17, 15) is 4.79 Å². The summed E-state index contributed by atoms with van der Waals surface area (Å²) in [5, 5.41) is 4.03. The predicted octanol–water partition coefficient (Wildman–Crippen LogP) is 2.88. The molecule has 0 unspecified atom stereocenters. The molecule has 1 saturated heterocycles. The van der Waals surface area contributed by atoms with E-state index in [0.717, 1.165) is 12.8 Å². The molecule has 3 aromatic rings. The lowest BCUT2D eigenvalue weighted by molar-refractivity contribution is 0.0709. The van der Waals surface area contributed by atoms with E-state index in [0.29, 0.717) is 54.2 Å². The van der Waals surface area contributed by atoms with E-state index < -0.39 is 0 Å². The molecule has 1 amide bonds. The third-order valence-electron chi connectivity index (χ3n) is 4.92. The molecular formula is C20H18N4O4. The number of likely N-dealkylation sites (tertiary alicyclic amines) is 1. The molecule has 5 rings (SSSR count). The molecule has 1 aromatic carbocycles. The molecule has 2 aliphatic heterocycles. The third-order valence-corrected chi connectivity index (χ3v) is 4.92. The molecule has 0 spiro atoms. The Morgan fingerprint density at radius 3 is 2.86 bits per heavy atom. The molecule has 8 nitrogen and oxygen atoms in total. The minimum absolute atomic E-state index is 0.0861. The number of carbonyl (C=O) groups excluding carboxylic acids is 1. The van der Waals surface area contributed by atoms with Crippen LogP contribution in [0, 0.1) is 0 Å². The highest BCUT2D eigenvalue weighted by atomic mass is 16.6. The molecule has 4 heterocycles. The van der Waals surface area contributed by atoms with Crippen LogP contribution in [0.4, 0.5) is 0 Å². The molecule has 1 atom stereocenters. The van der Waals surface area contributed by atoms with Crippen molar-refractivity contribution in [3.63, 3.8) is 0 Å². The fraction of sp³-hybridized carbons (Fsp3) is 0.300. The topological polar surface area (TPSA) is 90.6 Å². The van der Waals surface area contributed by atoms with E-state index in [1.807, 2.05) is 18.2 Å². The summed E-state index contributed by atoms with van der Waals surface area (Å²) in [6, 6.07) is 10.5. The molecule has 2 aromatic heterocycles. The minimum Gasteiger partial charge on any atom is -0.486 e. The maximum atomic E-state index is 13.1. The van der Waals surface area contributed by atoms with Crippen LogP contribution in [0.2, 0.25) is 0 Å². The van der Waals surface area contributed by atoms with E-state index in [1.165, 1.54) is 0 Å². The van der Waals surface area contributed by atoms with Gasteiger partial charge in [0.2, 0.25) is 11.7 Å². The average Bonchev–Trinajstić information content (AvgIpc) is 3.43. The largest absolute Gasteiger partial charge is 0.486 e. The number of amides is 1. The van der Waals surface area contributed by atoms with Crippen molar-refractivity contribution in [3.05, 3.63) is 54.0 Å². The normalized spacial score (nSPS) is 18.3. The summed E-state index contributed by atoms with van der Waals surface area (Å²) in [7, 11) is 0. The van der Waals surface area contributed by atoms with Gasteiger partial charge < -0.3 is 18.9 Å². The van der Waals surface area contributed by atoms with Gasteiger partial charge in [-0.2, -0.15) is 4.98 Å². The summed E-state index contributed by atoms with van der Waals surface area (Å²) in [5.74, 6) is 2.04.